The third-order valence-corrected chi connectivity index (χ3v) is 6.20. The van der Waals surface area contributed by atoms with Gasteiger partial charge in [-0.3, -0.25) is 14.4 Å². The first-order valence-electron chi connectivity index (χ1n) is 9.44. The second-order valence-corrected chi connectivity index (χ2v) is 8.55. The molecule has 0 unspecified atom stereocenters. The molecule has 5 nitrogen and oxygen atoms in total. The standard InChI is InChI=1S/C23H16BrClN2O3/c24-15-8-6-14(7-9-15)20-19-21(30-27(20)18-4-2-1-3-5-18)23(29)26(22(19)28)17-12-10-16(25)11-13-17/h1-13,19-21H/t19-,20-,21-/m0/s1. The van der Waals surface area contributed by atoms with Gasteiger partial charge < -0.3 is 0 Å². The number of rotatable bonds is 3. The quantitative estimate of drug-likeness (QED) is 0.483. The number of imide groups is 1. The molecule has 3 atom stereocenters. The molecule has 7 heteroatoms. The van der Waals surface area contributed by atoms with Gasteiger partial charge in [0.05, 0.1) is 17.4 Å². The maximum atomic E-state index is 13.5. The molecular formula is C23H16BrClN2O3. The number of amides is 2. The van der Waals surface area contributed by atoms with Gasteiger partial charge in [0, 0.05) is 9.50 Å². The summed E-state index contributed by atoms with van der Waals surface area (Å²) in [5.74, 6) is -1.30. The summed E-state index contributed by atoms with van der Waals surface area (Å²) in [5.41, 5.74) is 2.18. The highest BCUT2D eigenvalue weighted by Crippen LogP contribution is 2.47. The minimum Gasteiger partial charge on any atom is -0.273 e. The van der Waals surface area contributed by atoms with Crippen molar-refractivity contribution in [3.8, 4) is 0 Å². The molecule has 0 spiro atoms. The highest BCUT2D eigenvalue weighted by molar-refractivity contribution is 9.10. The van der Waals surface area contributed by atoms with E-state index in [4.69, 9.17) is 16.4 Å². The highest BCUT2D eigenvalue weighted by atomic mass is 79.9. The van der Waals surface area contributed by atoms with Crippen LogP contribution in [0.3, 0.4) is 0 Å². The zero-order valence-electron chi connectivity index (χ0n) is 15.6. The molecule has 3 aromatic carbocycles. The summed E-state index contributed by atoms with van der Waals surface area (Å²) in [6.45, 7) is 0. The van der Waals surface area contributed by atoms with Crippen LogP contribution in [0.4, 0.5) is 11.4 Å². The number of anilines is 2. The number of hydrogen-bond acceptors (Lipinski definition) is 4. The number of para-hydroxylation sites is 1. The molecule has 5 rings (SSSR count). The lowest BCUT2D eigenvalue weighted by Gasteiger charge is -2.28. The van der Waals surface area contributed by atoms with Crippen molar-refractivity contribution in [3.63, 3.8) is 0 Å². The molecule has 2 aliphatic heterocycles. The molecule has 2 saturated heterocycles. The smallest absolute Gasteiger partial charge is 0.266 e. The molecule has 30 heavy (non-hydrogen) atoms. The predicted molar refractivity (Wildman–Crippen MR) is 118 cm³/mol. The van der Waals surface area contributed by atoms with Crippen LogP contribution in [0.2, 0.25) is 5.02 Å². The van der Waals surface area contributed by atoms with E-state index in [-0.39, 0.29) is 11.8 Å². The van der Waals surface area contributed by atoms with Crippen molar-refractivity contribution in [2.24, 2.45) is 5.92 Å². The fourth-order valence-corrected chi connectivity index (χ4v) is 4.45. The lowest BCUT2D eigenvalue weighted by atomic mass is 9.90. The number of benzene rings is 3. The zero-order valence-corrected chi connectivity index (χ0v) is 18.0. The summed E-state index contributed by atoms with van der Waals surface area (Å²) in [5, 5.41) is 2.23. The van der Waals surface area contributed by atoms with E-state index in [1.807, 2.05) is 54.6 Å². The molecule has 150 valence electrons. The zero-order chi connectivity index (χ0) is 20.8. The lowest BCUT2D eigenvalue weighted by Crippen LogP contribution is -2.37. The third kappa shape index (κ3) is 3.12. The molecular weight excluding hydrogens is 468 g/mol. The number of carbonyl (C=O) groups excluding carboxylic acids is 2. The molecule has 0 aromatic heterocycles. The highest BCUT2D eigenvalue weighted by Gasteiger charge is 2.60. The van der Waals surface area contributed by atoms with Crippen LogP contribution in [0, 0.1) is 5.92 Å². The van der Waals surface area contributed by atoms with Gasteiger partial charge in [0.2, 0.25) is 5.91 Å². The monoisotopic (exact) mass is 482 g/mol. The maximum absolute atomic E-state index is 13.5. The van der Waals surface area contributed by atoms with Crippen molar-refractivity contribution in [1.29, 1.82) is 0 Å². The first-order valence-corrected chi connectivity index (χ1v) is 10.6. The summed E-state index contributed by atoms with van der Waals surface area (Å²) in [7, 11) is 0. The summed E-state index contributed by atoms with van der Waals surface area (Å²) >= 11 is 9.42. The second kappa shape index (κ2) is 7.54. The van der Waals surface area contributed by atoms with Crippen molar-refractivity contribution in [3.05, 3.63) is 93.9 Å². The van der Waals surface area contributed by atoms with Crippen LogP contribution in [0.15, 0.2) is 83.3 Å². The van der Waals surface area contributed by atoms with Gasteiger partial charge in [-0.15, -0.1) is 0 Å². The number of hydroxylamine groups is 1. The average molecular weight is 484 g/mol. The van der Waals surface area contributed by atoms with Crippen LogP contribution in [-0.4, -0.2) is 17.9 Å². The summed E-state index contributed by atoms with van der Waals surface area (Å²) in [6.07, 6.45) is -0.887. The first kappa shape index (κ1) is 19.3. The maximum Gasteiger partial charge on any atom is 0.266 e. The second-order valence-electron chi connectivity index (χ2n) is 7.20. The molecule has 2 heterocycles. The van der Waals surface area contributed by atoms with Crippen LogP contribution in [-0.2, 0) is 14.4 Å². The minimum absolute atomic E-state index is 0.279. The fourth-order valence-electron chi connectivity index (χ4n) is 4.06. The Morgan fingerprint density at radius 2 is 1.47 bits per heavy atom. The summed E-state index contributed by atoms with van der Waals surface area (Å²) in [6, 6.07) is 23.5. The molecule has 2 amide bonds. The van der Waals surface area contributed by atoms with Crippen LogP contribution in [0.5, 0.6) is 0 Å². The van der Waals surface area contributed by atoms with Crippen molar-refractivity contribution < 1.29 is 14.4 Å². The van der Waals surface area contributed by atoms with Crippen LogP contribution >= 0.6 is 27.5 Å². The summed E-state index contributed by atoms with van der Waals surface area (Å²) in [4.78, 5) is 34.0. The van der Waals surface area contributed by atoms with Crippen molar-refractivity contribution in [2.45, 2.75) is 12.1 Å². The largest absolute Gasteiger partial charge is 0.273 e. The van der Waals surface area contributed by atoms with Gasteiger partial charge in [-0.25, -0.2) is 9.96 Å². The van der Waals surface area contributed by atoms with E-state index in [2.05, 4.69) is 15.9 Å². The molecule has 0 saturated carbocycles. The predicted octanol–water partition coefficient (Wildman–Crippen LogP) is 5.15. The van der Waals surface area contributed by atoms with Crippen molar-refractivity contribution in [2.75, 3.05) is 9.96 Å². The van der Waals surface area contributed by atoms with Crippen molar-refractivity contribution >= 4 is 50.7 Å². The molecule has 2 fully saturated rings. The van der Waals surface area contributed by atoms with Crippen molar-refractivity contribution in [1.82, 2.24) is 0 Å². The van der Waals surface area contributed by atoms with E-state index >= 15 is 0 Å². The summed E-state index contributed by atoms with van der Waals surface area (Å²) < 4.78 is 0.935. The Labute approximate surface area is 186 Å². The minimum atomic E-state index is -0.887. The Kier molecular flexibility index (Phi) is 4.85. The van der Waals surface area contributed by atoms with Crippen LogP contribution < -0.4 is 9.96 Å². The third-order valence-electron chi connectivity index (χ3n) is 5.42. The van der Waals surface area contributed by atoms with Gasteiger partial charge >= 0.3 is 0 Å². The number of halogens is 2. The van der Waals surface area contributed by atoms with E-state index in [1.54, 1.807) is 29.3 Å². The molecule has 0 N–H and O–H groups in total. The van der Waals surface area contributed by atoms with E-state index in [0.29, 0.717) is 10.7 Å². The van der Waals surface area contributed by atoms with E-state index in [9.17, 15) is 9.59 Å². The molecule has 2 aliphatic rings. The van der Waals surface area contributed by atoms with E-state index < -0.39 is 18.1 Å². The van der Waals surface area contributed by atoms with Crippen LogP contribution in [0.25, 0.3) is 0 Å². The lowest BCUT2D eigenvalue weighted by molar-refractivity contribution is -0.126. The molecule has 0 aliphatic carbocycles. The van der Waals surface area contributed by atoms with Gasteiger partial charge in [-0.05, 0) is 54.1 Å². The van der Waals surface area contributed by atoms with Gasteiger partial charge in [-0.1, -0.05) is 57.9 Å². The topological polar surface area (TPSA) is 49.9 Å². The number of fused-ring (bicyclic) bond motifs is 1. The average Bonchev–Trinajstić information content (AvgIpc) is 3.27. The van der Waals surface area contributed by atoms with Gasteiger partial charge in [-0.2, -0.15) is 0 Å². The Bertz CT molecular complexity index is 1110. The number of hydrogen-bond donors (Lipinski definition) is 0. The van der Waals surface area contributed by atoms with Crippen LogP contribution in [0.1, 0.15) is 11.6 Å². The molecule has 0 bridgehead atoms. The van der Waals surface area contributed by atoms with Gasteiger partial charge in [0.15, 0.2) is 6.10 Å². The fraction of sp³-hybridized carbons (Fsp3) is 0.130. The Morgan fingerprint density at radius 3 is 2.13 bits per heavy atom. The Morgan fingerprint density at radius 1 is 0.800 bits per heavy atom. The number of nitrogens with zero attached hydrogens (tertiary/aromatic N) is 2. The molecule has 3 aromatic rings. The van der Waals surface area contributed by atoms with Gasteiger partial charge in [0.1, 0.15) is 5.92 Å². The first-order chi connectivity index (χ1) is 14.5. The SMILES string of the molecule is O=C1[C@@H]2[C@H](ON(c3ccccc3)[C@H]2c2ccc(Br)cc2)C(=O)N1c1ccc(Cl)cc1. The van der Waals surface area contributed by atoms with E-state index in [0.717, 1.165) is 15.7 Å². The van der Waals surface area contributed by atoms with Gasteiger partial charge in [0.25, 0.3) is 5.91 Å². The Hall–Kier alpha value is -2.67. The number of carbonyl (C=O) groups is 2. The normalized spacial score (nSPS) is 23.2. The Balaban J connectivity index is 1.58. The molecule has 0 radical (unpaired) electrons. The van der Waals surface area contributed by atoms with E-state index in [1.165, 1.54) is 4.90 Å².